The highest BCUT2D eigenvalue weighted by atomic mass is 35.5. The van der Waals surface area contributed by atoms with E-state index >= 15 is 0 Å². The Morgan fingerprint density at radius 2 is 1.92 bits per heavy atom. The average Bonchev–Trinajstić information content (AvgIpc) is 3.09. The van der Waals surface area contributed by atoms with Crippen LogP contribution in [-0.4, -0.2) is 21.4 Å². The lowest BCUT2D eigenvalue weighted by atomic mass is 10.2. The van der Waals surface area contributed by atoms with Crippen molar-refractivity contribution in [3.8, 4) is 10.6 Å². The van der Waals surface area contributed by atoms with Gasteiger partial charge in [-0.3, -0.25) is 10.1 Å². The molecule has 7 heteroatoms. The van der Waals surface area contributed by atoms with Gasteiger partial charge in [-0.2, -0.15) is 0 Å². The summed E-state index contributed by atoms with van der Waals surface area (Å²) in [7, 11) is 0. The molecule has 0 aliphatic heterocycles. The topological polar surface area (TPSA) is 54.9 Å². The first-order valence-corrected chi connectivity index (χ1v) is 10.3. The van der Waals surface area contributed by atoms with E-state index < -0.39 is 0 Å². The zero-order chi connectivity index (χ0) is 18.5. The van der Waals surface area contributed by atoms with Crippen molar-refractivity contribution in [2.24, 2.45) is 0 Å². The third-order valence-corrected chi connectivity index (χ3v) is 6.30. The lowest BCUT2D eigenvalue weighted by molar-refractivity contribution is -0.115. The van der Waals surface area contributed by atoms with Crippen LogP contribution in [0, 0.1) is 6.92 Å². The fourth-order valence-electron chi connectivity index (χ4n) is 2.31. The molecule has 1 N–H and O–H groups in total. The molecule has 2 aromatic carbocycles. The predicted octanol–water partition coefficient (Wildman–Crippen LogP) is 5.68. The Kier molecular flexibility index (Phi) is 6.29. The van der Waals surface area contributed by atoms with Crippen LogP contribution in [0.2, 0.25) is 5.02 Å². The van der Waals surface area contributed by atoms with Crippen molar-refractivity contribution in [2.75, 3.05) is 5.32 Å². The van der Waals surface area contributed by atoms with E-state index in [1.54, 1.807) is 11.8 Å². The molecular weight excluding hydrogens is 386 g/mol. The van der Waals surface area contributed by atoms with Crippen LogP contribution in [0.1, 0.15) is 18.9 Å². The molecule has 3 aromatic rings. The van der Waals surface area contributed by atoms with Gasteiger partial charge in [-0.15, -0.1) is 22.0 Å². The normalized spacial score (nSPS) is 12.0. The monoisotopic (exact) mass is 403 g/mol. The highest BCUT2D eigenvalue weighted by molar-refractivity contribution is 8.00. The number of halogens is 1. The van der Waals surface area contributed by atoms with Gasteiger partial charge < -0.3 is 0 Å². The molecule has 1 amide bonds. The van der Waals surface area contributed by atoms with E-state index in [2.05, 4.69) is 15.5 Å². The Bertz CT molecular complexity index is 896. The fraction of sp³-hybridized carbons (Fsp3) is 0.211. The van der Waals surface area contributed by atoms with Gasteiger partial charge in [0.05, 0.1) is 10.3 Å². The van der Waals surface area contributed by atoms with Gasteiger partial charge in [-0.05, 0) is 31.5 Å². The molecule has 4 nitrogen and oxygen atoms in total. The fourth-order valence-corrected chi connectivity index (χ4v) is 4.33. The lowest BCUT2D eigenvalue weighted by Gasteiger charge is -2.13. The van der Waals surface area contributed by atoms with Crippen molar-refractivity contribution in [3.63, 3.8) is 0 Å². The van der Waals surface area contributed by atoms with Crippen molar-refractivity contribution in [3.05, 3.63) is 59.1 Å². The molecule has 0 aliphatic carbocycles. The Balaban J connectivity index is 1.68. The molecule has 0 fully saturated rings. The zero-order valence-electron chi connectivity index (χ0n) is 14.4. The first-order valence-electron chi connectivity index (χ1n) is 8.19. The minimum absolute atomic E-state index is 0.0695. The summed E-state index contributed by atoms with van der Waals surface area (Å²) < 4.78 is 0. The van der Waals surface area contributed by atoms with Crippen LogP contribution >= 0.6 is 34.7 Å². The van der Waals surface area contributed by atoms with Crippen LogP contribution in [0.25, 0.3) is 10.6 Å². The van der Waals surface area contributed by atoms with Crippen LogP contribution in [0.15, 0.2) is 53.4 Å². The van der Waals surface area contributed by atoms with E-state index in [1.165, 1.54) is 16.9 Å². The summed E-state index contributed by atoms with van der Waals surface area (Å²) >= 11 is 9.07. The molecule has 0 bridgehead atoms. The number of benzene rings is 2. The van der Waals surface area contributed by atoms with Crippen LogP contribution < -0.4 is 5.32 Å². The van der Waals surface area contributed by atoms with Crippen molar-refractivity contribution in [2.45, 2.75) is 30.4 Å². The summed E-state index contributed by atoms with van der Waals surface area (Å²) in [6.45, 7) is 4.05. The Hall–Kier alpha value is -1.89. The first kappa shape index (κ1) is 18.9. The van der Waals surface area contributed by atoms with Crippen molar-refractivity contribution >= 4 is 45.7 Å². The number of anilines is 1. The quantitative estimate of drug-likeness (QED) is 0.538. The SMILES string of the molecule is CCC(Sc1ccc(C)cc1)C(=O)Nc1nnc(-c2ccccc2Cl)s1. The third-order valence-electron chi connectivity index (χ3n) is 3.72. The summed E-state index contributed by atoms with van der Waals surface area (Å²) in [4.78, 5) is 13.7. The number of hydrogen-bond donors (Lipinski definition) is 1. The van der Waals surface area contributed by atoms with Crippen molar-refractivity contribution in [1.29, 1.82) is 0 Å². The zero-order valence-corrected chi connectivity index (χ0v) is 16.8. The molecule has 0 radical (unpaired) electrons. The maximum Gasteiger partial charge on any atom is 0.239 e. The molecule has 0 saturated heterocycles. The molecule has 134 valence electrons. The lowest BCUT2D eigenvalue weighted by Crippen LogP contribution is -2.24. The molecule has 0 aliphatic rings. The first-order chi connectivity index (χ1) is 12.6. The van der Waals surface area contributed by atoms with Crippen LogP contribution in [0.4, 0.5) is 5.13 Å². The number of thioether (sulfide) groups is 1. The van der Waals surface area contributed by atoms with E-state index in [4.69, 9.17) is 11.6 Å². The largest absolute Gasteiger partial charge is 0.300 e. The number of nitrogens with one attached hydrogen (secondary N) is 1. The molecular formula is C19H18ClN3OS2. The Morgan fingerprint density at radius 1 is 1.19 bits per heavy atom. The van der Waals surface area contributed by atoms with Crippen molar-refractivity contribution < 1.29 is 4.79 Å². The summed E-state index contributed by atoms with van der Waals surface area (Å²) in [6.07, 6.45) is 0.723. The van der Waals surface area contributed by atoms with Gasteiger partial charge in [-0.1, -0.05) is 65.8 Å². The molecule has 1 unspecified atom stereocenters. The Morgan fingerprint density at radius 3 is 2.62 bits per heavy atom. The molecule has 26 heavy (non-hydrogen) atoms. The molecule has 1 heterocycles. The molecule has 0 spiro atoms. The predicted molar refractivity (Wildman–Crippen MR) is 110 cm³/mol. The summed E-state index contributed by atoms with van der Waals surface area (Å²) in [5, 5.41) is 12.7. The van der Waals surface area contributed by atoms with Gasteiger partial charge >= 0.3 is 0 Å². The molecule has 3 rings (SSSR count). The van der Waals surface area contributed by atoms with Gasteiger partial charge in [-0.25, -0.2) is 0 Å². The standard InChI is InChI=1S/C19H18ClN3OS2/c1-3-16(25-13-10-8-12(2)9-11-13)17(24)21-19-23-22-18(26-19)14-6-4-5-7-15(14)20/h4-11,16H,3H2,1-2H3,(H,21,23,24). The number of carbonyl (C=O) groups is 1. The number of amides is 1. The highest BCUT2D eigenvalue weighted by Gasteiger charge is 2.20. The van der Waals surface area contributed by atoms with E-state index in [0.717, 1.165) is 16.9 Å². The van der Waals surface area contributed by atoms with Gasteiger partial charge in [0, 0.05) is 10.5 Å². The molecule has 1 atom stereocenters. The summed E-state index contributed by atoms with van der Waals surface area (Å²) in [5.41, 5.74) is 2.01. The minimum atomic E-state index is -0.189. The second kappa shape index (κ2) is 8.66. The minimum Gasteiger partial charge on any atom is -0.300 e. The smallest absolute Gasteiger partial charge is 0.239 e. The number of rotatable bonds is 6. The maximum absolute atomic E-state index is 12.6. The van der Waals surface area contributed by atoms with Gasteiger partial charge in [0.2, 0.25) is 11.0 Å². The number of hydrogen-bond acceptors (Lipinski definition) is 5. The second-order valence-electron chi connectivity index (χ2n) is 5.71. The van der Waals surface area contributed by atoms with Crippen LogP contribution in [-0.2, 0) is 4.79 Å². The number of aryl methyl sites for hydroxylation is 1. The summed E-state index contributed by atoms with van der Waals surface area (Å²) in [6, 6.07) is 15.6. The molecule has 1 aromatic heterocycles. The van der Waals surface area contributed by atoms with Gasteiger partial charge in [0.1, 0.15) is 0 Å². The van der Waals surface area contributed by atoms with E-state index in [1.807, 2.05) is 62.4 Å². The van der Waals surface area contributed by atoms with Crippen molar-refractivity contribution in [1.82, 2.24) is 10.2 Å². The van der Waals surface area contributed by atoms with E-state index in [0.29, 0.717) is 15.2 Å². The van der Waals surface area contributed by atoms with Crippen LogP contribution in [0.3, 0.4) is 0 Å². The van der Waals surface area contributed by atoms with Gasteiger partial charge in [0.25, 0.3) is 0 Å². The number of carbonyl (C=O) groups excluding carboxylic acids is 1. The van der Waals surface area contributed by atoms with E-state index in [9.17, 15) is 4.79 Å². The number of nitrogens with zero attached hydrogens (tertiary/aromatic N) is 2. The average molecular weight is 404 g/mol. The number of aromatic nitrogens is 2. The van der Waals surface area contributed by atoms with Gasteiger partial charge in [0.15, 0.2) is 5.01 Å². The Labute approximate surface area is 166 Å². The highest BCUT2D eigenvalue weighted by Crippen LogP contribution is 2.32. The summed E-state index contributed by atoms with van der Waals surface area (Å²) in [5.74, 6) is -0.0695. The third kappa shape index (κ3) is 4.63. The maximum atomic E-state index is 12.6. The molecule has 0 saturated carbocycles. The van der Waals surface area contributed by atoms with Crippen LogP contribution in [0.5, 0.6) is 0 Å². The van der Waals surface area contributed by atoms with E-state index in [-0.39, 0.29) is 11.2 Å². The second-order valence-corrected chi connectivity index (χ2v) is 8.37.